The van der Waals surface area contributed by atoms with Crippen molar-refractivity contribution in [1.82, 2.24) is 19.5 Å². The number of halogens is 1. The van der Waals surface area contributed by atoms with Crippen LogP contribution in [-0.2, 0) is 4.74 Å². The molecule has 18 heavy (non-hydrogen) atoms. The van der Waals surface area contributed by atoms with E-state index in [1.54, 1.807) is 0 Å². The summed E-state index contributed by atoms with van der Waals surface area (Å²) in [5.41, 5.74) is 6.54. The normalized spacial score (nSPS) is 23.6. The molecule has 1 aliphatic heterocycles. The largest absolute Gasteiger partial charge is 0.393 e. The van der Waals surface area contributed by atoms with Crippen molar-refractivity contribution in [2.45, 2.75) is 12.3 Å². The Labute approximate surface area is 101 Å². The first-order valence-electron chi connectivity index (χ1n) is 5.27. The molecule has 7 nitrogen and oxygen atoms in total. The second-order valence-corrected chi connectivity index (χ2v) is 3.83. The SMILES string of the molecule is Nc1ncnc2c1ncn2[C@H]1C=C(F)[C@H](CO)O1. The molecule has 0 aromatic carbocycles. The zero-order valence-electron chi connectivity index (χ0n) is 9.19. The van der Waals surface area contributed by atoms with E-state index >= 15 is 0 Å². The third-order valence-electron chi connectivity index (χ3n) is 2.74. The Kier molecular flexibility index (Phi) is 2.46. The van der Waals surface area contributed by atoms with E-state index in [1.165, 1.54) is 23.3 Å². The van der Waals surface area contributed by atoms with Crippen LogP contribution >= 0.6 is 0 Å². The lowest BCUT2D eigenvalue weighted by atomic mass is 10.3. The molecule has 1 aliphatic rings. The van der Waals surface area contributed by atoms with Crippen molar-refractivity contribution in [3.8, 4) is 0 Å². The monoisotopic (exact) mass is 251 g/mol. The quantitative estimate of drug-likeness (QED) is 0.788. The summed E-state index contributed by atoms with van der Waals surface area (Å²) in [6.07, 6.45) is 2.38. The van der Waals surface area contributed by atoms with Gasteiger partial charge in [-0.05, 0) is 6.08 Å². The average Bonchev–Trinajstić information content (AvgIpc) is 2.93. The van der Waals surface area contributed by atoms with E-state index < -0.39 is 24.8 Å². The summed E-state index contributed by atoms with van der Waals surface area (Å²) in [6, 6.07) is 0. The van der Waals surface area contributed by atoms with Crippen molar-refractivity contribution in [2.24, 2.45) is 0 Å². The maximum atomic E-state index is 13.4. The maximum absolute atomic E-state index is 13.4. The van der Waals surface area contributed by atoms with Gasteiger partial charge in [0.15, 0.2) is 17.7 Å². The molecule has 0 radical (unpaired) electrons. The van der Waals surface area contributed by atoms with E-state index in [-0.39, 0.29) is 5.82 Å². The highest BCUT2D eigenvalue weighted by molar-refractivity contribution is 5.81. The predicted octanol–water partition coefficient (Wildman–Crippen LogP) is 0.152. The van der Waals surface area contributed by atoms with Crippen LogP contribution in [0.4, 0.5) is 10.2 Å². The molecule has 2 aromatic rings. The Hall–Kier alpha value is -2.06. The molecule has 0 unspecified atom stereocenters. The van der Waals surface area contributed by atoms with E-state index in [0.29, 0.717) is 11.2 Å². The van der Waals surface area contributed by atoms with Crippen LogP contribution in [0, 0.1) is 0 Å². The van der Waals surface area contributed by atoms with Gasteiger partial charge in [0.25, 0.3) is 0 Å². The molecule has 0 fully saturated rings. The van der Waals surface area contributed by atoms with Crippen molar-refractivity contribution in [3.05, 3.63) is 24.6 Å². The van der Waals surface area contributed by atoms with Gasteiger partial charge < -0.3 is 15.6 Å². The molecule has 3 N–H and O–H groups in total. The molecule has 0 bridgehead atoms. The average molecular weight is 251 g/mol. The van der Waals surface area contributed by atoms with Crippen LogP contribution in [0.15, 0.2) is 24.6 Å². The fourth-order valence-electron chi connectivity index (χ4n) is 1.85. The Balaban J connectivity index is 2.04. The summed E-state index contributed by atoms with van der Waals surface area (Å²) in [6.45, 7) is -0.414. The standard InChI is InChI=1S/C10H10FN5O2/c11-5-1-7(18-6(5)2-17)16-4-15-8-9(12)13-3-14-10(8)16/h1,3-4,6-7,17H,2H2,(H2,12,13,14)/t6-,7+/m0/s1. The Morgan fingerprint density at radius 3 is 3.00 bits per heavy atom. The third-order valence-corrected chi connectivity index (χ3v) is 2.74. The molecule has 3 heterocycles. The van der Waals surface area contributed by atoms with Gasteiger partial charge in [-0.25, -0.2) is 19.3 Å². The van der Waals surface area contributed by atoms with Gasteiger partial charge in [-0.15, -0.1) is 0 Å². The molecule has 0 saturated heterocycles. The van der Waals surface area contributed by atoms with E-state index in [4.69, 9.17) is 15.6 Å². The molecular weight excluding hydrogens is 241 g/mol. The number of nitrogens with zero attached hydrogens (tertiary/aromatic N) is 4. The molecule has 2 aromatic heterocycles. The number of aliphatic hydroxyl groups excluding tert-OH is 1. The molecule has 0 amide bonds. The van der Waals surface area contributed by atoms with Gasteiger partial charge in [-0.2, -0.15) is 0 Å². The number of aliphatic hydroxyl groups is 1. The van der Waals surface area contributed by atoms with Crippen LogP contribution in [0.5, 0.6) is 0 Å². The first kappa shape index (κ1) is 11.1. The number of imidazole rings is 1. The van der Waals surface area contributed by atoms with Gasteiger partial charge in [0.2, 0.25) is 0 Å². The van der Waals surface area contributed by atoms with E-state index in [9.17, 15) is 4.39 Å². The van der Waals surface area contributed by atoms with Crippen LogP contribution in [0.1, 0.15) is 6.23 Å². The fraction of sp³-hybridized carbons (Fsp3) is 0.300. The number of hydrogen-bond donors (Lipinski definition) is 2. The van der Waals surface area contributed by atoms with Crippen molar-refractivity contribution in [3.63, 3.8) is 0 Å². The number of aromatic nitrogens is 4. The van der Waals surface area contributed by atoms with E-state index in [1.807, 2.05) is 0 Å². The van der Waals surface area contributed by atoms with Crippen LogP contribution in [0.3, 0.4) is 0 Å². The number of anilines is 1. The van der Waals surface area contributed by atoms with Crippen LogP contribution < -0.4 is 5.73 Å². The van der Waals surface area contributed by atoms with Gasteiger partial charge in [0.1, 0.15) is 23.8 Å². The first-order chi connectivity index (χ1) is 8.70. The van der Waals surface area contributed by atoms with Gasteiger partial charge in [0, 0.05) is 0 Å². The molecule has 0 spiro atoms. The van der Waals surface area contributed by atoms with Gasteiger partial charge in [-0.3, -0.25) is 4.57 Å². The minimum absolute atomic E-state index is 0.250. The predicted molar refractivity (Wildman–Crippen MR) is 59.9 cm³/mol. The lowest BCUT2D eigenvalue weighted by Gasteiger charge is -2.13. The summed E-state index contributed by atoms with van der Waals surface area (Å²) in [5.74, 6) is -0.258. The van der Waals surface area contributed by atoms with Crippen LogP contribution in [-0.4, -0.2) is 37.3 Å². The highest BCUT2D eigenvalue weighted by Crippen LogP contribution is 2.30. The summed E-state index contributed by atoms with van der Waals surface area (Å²) in [4.78, 5) is 11.9. The first-order valence-corrected chi connectivity index (χ1v) is 5.27. The zero-order valence-corrected chi connectivity index (χ0v) is 9.19. The maximum Gasteiger partial charge on any atom is 0.167 e. The molecular formula is C10H10FN5O2. The fourth-order valence-corrected chi connectivity index (χ4v) is 1.85. The third kappa shape index (κ3) is 1.54. The Bertz CT molecular complexity index is 626. The summed E-state index contributed by atoms with van der Waals surface area (Å²) in [5, 5.41) is 8.93. The van der Waals surface area contributed by atoms with E-state index in [0.717, 1.165) is 0 Å². The number of fused-ring (bicyclic) bond motifs is 1. The molecule has 2 atom stereocenters. The van der Waals surface area contributed by atoms with Gasteiger partial charge in [-0.1, -0.05) is 0 Å². The van der Waals surface area contributed by atoms with Crippen molar-refractivity contribution < 1.29 is 14.2 Å². The number of hydrogen-bond acceptors (Lipinski definition) is 6. The van der Waals surface area contributed by atoms with E-state index in [2.05, 4.69) is 15.0 Å². The van der Waals surface area contributed by atoms with Crippen molar-refractivity contribution in [1.29, 1.82) is 0 Å². The Morgan fingerprint density at radius 2 is 2.28 bits per heavy atom. The van der Waals surface area contributed by atoms with Crippen LogP contribution in [0.2, 0.25) is 0 Å². The second kappa shape index (κ2) is 4.00. The van der Waals surface area contributed by atoms with Gasteiger partial charge >= 0.3 is 0 Å². The number of rotatable bonds is 2. The highest BCUT2D eigenvalue weighted by Gasteiger charge is 2.29. The Morgan fingerprint density at radius 1 is 1.44 bits per heavy atom. The summed E-state index contributed by atoms with van der Waals surface area (Å²) >= 11 is 0. The van der Waals surface area contributed by atoms with Crippen LogP contribution in [0.25, 0.3) is 11.2 Å². The van der Waals surface area contributed by atoms with Crippen molar-refractivity contribution >= 4 is 17.0 Å². The number of nitrogens with two attached hydrogens (primary N) is 1. The molecule has 0 aliphatic carbocycles. The summed E-state index contributed by atoms with van der Waals surface area (Å²) < 4.78 is 20.2. The lowest BCUT2D eigenvalue weighted by molar-refractivity contribution is -0.0163. The highest BCUT2D eigenvalue weighted by atomic mass is 19.1. The lowest BCUT2D eigenvalue weighted by Crippen LogP contribution is -2.16. The molecule has 3 rings (SSSR count). The smallest absolute Gasteiger partial charge is 0.167 e. The number of ether oxygens (including phenoxy) is 1. The molecule has 8 heteroatoms. The van der Waals surface area contributed by atoms with Crippen molar-refractivity contribution in [2.75, 3.05) is 12.3 Å². The molecule has 94 valence electrons. The number of nitrogen functional groups attached to an aromatic ring is 1. The topological polar surface area (TPSA) is 99.1 Å². The zero-order chi connectivity index (χ0) is 12.7. The second-order valence-electron chi connectivity index (χ2n) is 3.83. The minimum atomic E-state index is -0.938. The molecule has 0 saturated carbocycles. The summed E-state index contributed by atoms with van der Waals surface area (Å²) in [7, 11) is 0. The van der Waals surface area contributed by atoms with Gasteiger partial charge in [0.05, 0.1) is 12.9 Å². The minimum Gasteiger partial charge on any atom is -0.393 e.